The van der Waals surface area contributed by atoms with E-state index in [0.29, 0.717) is 0 Å². The maximum absolute atomic E-state index is 7.07. The van der Waals surface area contributed by atoms with Gasteiger partial charge in [-0.3, -0.25) is 5.26 Å². The van der Waals surface area contributed by atoms with Crippen LogP contribution in [0.5, 0.6) is 0 Å². The first-order valence-electron chi connectivity index (χ1n) is 3.00. The Kier molecular flexibility index (Phi) is 10.5. The van der Waals surface area contributed by atoms with Crippen LogP contribution in [0, 0.1) is 6.92 Å². The summed E-state index contributed by atoms with van der Waals surface area (Å²) in [6, 6.07) is 10.3. The van der Waals surface area contributed by atoms with Crippen molar-refractivity contribution in [3.05, 3.63) is 35.9 Å². The summed E-state index contributed by atoms with van der Waals surface area (Å²) >= 11 is 0. The Balaban J connectivity index is 0. The van der Waals surface area contributed by atoms with E-state index in [-0.39, 0.29) is 6.15 Å². The highest BCUT2D eigenvalue weighted by atomic mass is 17.1. The van der Waals surface area contributed by atoms with Crippen molar-refractivity contribution >= 4 is 0 Å². The normalized spacial score (nSPS) is 7.18. The minimum atomic E-state index is 0. The van der Waals surface area contributed by atoms with Crippen LogP contribution in [0.3, 0.4) is 0 Å². The molecule has 3 nitrogen and oxygen atoms in total. The fourth-order valence-electron chi connectivity index (χ4n) is 0.534. The molecule has 0 aromatic heterocycles. The maximum Gasteiger partial charge on any atom is 0.0710 e. The average Bonchev–Trinajstić information content (AvgIpc) is 1.91. The van der Waals surface area contributed by atoms with E-state index in [1.54, 1.807) is 0 Å². The van der Waals surface area contributed by atoms with Gasteiger partial charge >= 0.3 is 0 Å². The zero-order valence-electron chi connectivity index (χ0n) is 6.95. The van der Waals surface area contributed by atoms with Crippen LogP contribution in [-0.4, -0.2) is 12.4 Å². The first kappa shape index (κ1) is 12.7. The molecule has 0 unspecified atom stereocenters. The highest BCUT2D eigenvalue weighted by molar-refractivity contribution is 5.11. The summed E-state index contributed by atoms with van der Waals surface area (Å²) in [7, 11) is 1.18. The van der Waals surface area contributed by atoms with E-state index in [1.165, 1.54) is 12.7 Å². The van der Waals surface area contributed by atoms with Crippen LogP contribution in [-0.2, 0) is 4.89 Å². The zero-order valence-corrected chi connectivity index (χ0v) is 6.95. The van der Waals surface area contributed by atoms with Crippen molar-refractivity contribution < 1.29 is 10.1 Å². The predicted molar refractivity (Wildman–Crippen MR) is 45.8 cm³/mol. The molecule has 1 aromatic carbocycles. The Morgan fingerprint density at radius 1 is 1.18 bits per heavy atom. The lowest BCUT2D eigenvalue weighted by Crippen LogP contribution is -1.62. The van der Waals surface area contributed by atoms with E-state index in [0.717, 1.165) is 0 Å². The zero-order chi connectivity index (χ0) is 7.82. The van der Waals surface area contributed by atoms with Crippen molar-refractivity contribution in [1.82, 2.24) is 6.15 Å². The second-order valence-corrected chi connectivity index (χ2v) is 1.84. The molecule has 11 heavy (non-hydrogen) atoms. The van der Waals surface area contributed by atoms with Crippen molar-refractivity contribution in [2.45, 2.75) is 6.92 Å². The van der Waals surface area contributed by atoms with Crippen molar-refractivity contribution in [2.75, 3.05) is 7.11 Å². The third kappa shape index (κ3) is 9.10. The number of hydrogen-bond acceptors (Lipinski definition) is 3. The highest BCUT2D eigenvalue weighted by Crippen LogP contribution is 1.92. The van der Waals surface area contributed by atoms with Gasteiger partial charge in [0.25, 0.3) is 0 Å². The molecule has 0 spiro atoms. The minimum absolute atomic E-state index is 0. The van der Waals surface area contributed by atoms with E-state index in [2.05, 4.69) is 23.9 Å². The van der Waals surface area contributed by atoms with Crippen LogP contribution in [0.15, 0.2) is 30.3 Å². The lowest BCUT2D eigenvalue weighted by Gasteiger charge is -1.82. The van der Waals surface area contributed by atoms with Crippen LogP contribution < -0.4 is 6.15 Å². The molecule has 64 valence electrons. The average molecular weight is 157 g/mol. The second-order valence-electron chi connectivity index (χ2n) is 1.84. The predicted octanol–water partition coefficient (Wildman–Crippen LogP) is 2.26. The lowest BCUT2D eigenvalue weighted by molar-refractivity contribution is -0.214. The molecule has 0 aliphatic rings. The van der Waals surface area contributed by atoms with Gasteiger partial charge in [-0.25, -0.2) is 4.89 Å². The summed E-state index contributed by atoms with van der Waals surface area (Å²) in [4.78, 5) is 3.25. The maximum atomic E-state index is 7.07. The number of benzene rings is 1. The highest BCUT2D eigenvalue weighted by Gasteiger charge is 1.72. The Morgan fingerprint density at radius 3 is 1.73 bits per heavy atom. The summed E-state index contributed by atoms with van der Waals surface area (Å²) in [5, 5.41) is 7.07. The smallest absolute Gasteiger partial charge is 0.0710 e. The molecule has 0 aliphatic heterocycles. The Morgan fingerprint density at radius 2 is 1.55 bits per heavy atom. The fourth-order valence-corrected chi connectivity index (χ4v) is 0.534. The van der Waals surface area contributed by atoms with E-state index in [9.17, 15) is 0 Å². The van der Waals surface area contributed by atoms with Gasteiger partial charge < -0.3 is 6.15 Å². The molecule has 0 amide bonds. The van der Waals surface area contributed by atoms with Gasteiger partial charge in [-0.2, -0.15) is 0 Å². The van der Waals surface area contributed by atoms with Crippen molar-refractivity contribution in [3.8, 4) is 0 Å². The van der Waals surface area contributed by atoms with Crippen molar-refractivity contribution in [2.24, 2.45) is 0 Å². The molecule has 0 atom stereocenters. The summed E-state index contributed by atoms with van der Waals surface area (Å²) in [5.41, 5.74) is 1.32. The third-order valence-corrected chi connectivity index (χ3v) is 0.940. The van der Waals surface area contributed by atoms with Crippen molar-refractivity contribution in [1.29, 1.82) is 0 Å². The molecule has 3 heteroatoms. The van der Waals surface area contributed by atoms with E-state index >= 15 is 0 Å². The van der Waals surface area contributed by atoms with Crippen LogP contribution in [0.4, 0.5) is 0 Å². The largest absolute Gasteiger partial charge is 0.344 e. The van der Waals surface area contributed by atoms with Crippen LogP contribution in [0.1, 0.15) is 5.56 Å². The molecule has 0 radical (unpaired) electrons. The molecule has 0 saturated heterocycles. The SMILES string of the molecule is COO.Cc1ccccc1.N. The lowest BCUT2D eigenvalue weighted by atomic mass is 10.2. The van der Waals surface area contributed by atoms with Gasteiger partial charge in [0.05, 0.1) is 7.11 Å². The molecule has 4 N–H and O–H groups in total. The molecule has 0 bridgehead atoms. The van der Waals surface area contributed by atoms with E-state index in [4.69, 9.17) is 5.26 Å². The quantitative estimate of drug-likeness (QED) is 0.448. The molecule has 0 heterocycles. The standard InChI is InChI=1S/C7H8.CH4O2.H3N/c1-7-5-3-2-4-6-7;1-3-2;/h2-6H,1H3;2H,1H3;1H3. The van der Waals surface area contributed by atoms with E-state index in [1.807, 2.05) is 18.2 Å². The summed E-state index contributed by atoms with van der Waals surface area (Å²) in [5.74, 6) is 0. The molecular weight excluding hydrogens is 142 g/mol. The van der Waals surface area contributed by atoms with Crippen LogP contribution >= 0.6 is 0 Å². The molecule has 0 aliphatic carbocycles. The Bertz CT molecular complexity index is 153. The van der Waals surface area contributed by atoms with Crippen LogP contribution in [0.2, 0.25) is 0 Å². The Labute approximate surface area is 67.1 Å². The number of hydrogen-bond donors (Lipinski definition) is 2. The monoisotopic (exact) mass is 157 g/mol. The fraction of sp³-hybridized carbons (Fsp3) is 0.250. The van der Waals surface area contributed by atoms with Gasteiger partial charge in [0.1, 0.15) is 0 Å². The topological polar surface area (TPSA) is 64.5 Å². The number of aryl methyl sites for hydroxylation is 1. The first-order chi connectivity index (χ1) is 4.81. The summed E-state index contributed by atoms with van der Waals surface area (Å²) in [6.07, 6.45) is 0. The summed E-state index contributed by atoms with van der Waals surface area (Å²) < 4.78 is 0. The number of rotatable bonds is 0. The first-order valence-corrected chi connectivity index (χ1v) is 3.00. The second kappa shape index (κ2) is 9.10. The van der Waals surface area contributed by atoms with Gasteiger partial charge in [0.2, 0.25) is 0 Å². The molecule has 1 aromatic rings. The van der Waals surface area contributed by atoms with Gasteiger partial charge in [-0.05, 0) is 6.92 Å². The van der Waals surface area contributed by atoms with Crippen molar-refractivity contribution in [3.63, 3.8) is 0 Å². The molecule has 0 saturated carbocycles. The van der Waals surface area contributed by atoms with E-state index < -0.39 is 0 Å². The minimum Gasteiger partial charge on any atom is -0.344 e. The molecule has 1 rings (SSSR count). The van der Waals surface area contributed by atoms with Crippen LogP contribution in [0.25, 0.3) is 0 Å². The molecule has 0 fully saturated rings. The van der Waals surface area contributed by atoms with Gasteiger partial charge in [-0.15, -0.1) is 0 Å². The molecular formula is C8H15NO2. The van der Waals surface area contributed by atoms with Gasteiger partial charge in [0, 0.05) is 0 Å². The Hall–Kier alpha value is -0.900. The van der Waals surface area contributed by atoms with Gasteiger partial charge in [-0.1, -0.05) is 35.9 Å². The van der Waals surface area contributed by atoms with Gasteiger partial charge in [0.15, 0.2) is 0 Å². The summed E-state index contributed by atoms with van der Waals surface area (Å²) in [6.45, 7) is 2.08. The third-order valence-electron chi connectivity index (χ3n) is 0.940.